The van der Waals surface area contributed by atoms with Gasteiger partial charge in [0, 0.05) is 0 Å². The molecule has 0 saturated heterocycles. The van der Waals surface area contributed by atoms with Crippen molar-refractivity contribution in [3.8, 4) is 0 Å². The summed E-state index contributed by atoms with van der Waals surface area (Å²) in [6, 6.07) is 4.97. The van der Waals surface area contributed by atoms with Crippen LogP contribution in [0.15, 0.2) is 27.4 Å². The zero-order chi connectivity index (χ0) is 7.14. The van der Waals surface area contributed by atoms with Crippen LogP contribution in [-0.2, 0) is 0 Å². The van der Waals surface area contributed by atoms with Crippen molar-refractivity contribution in [2.75, 3.05) is 0 Å². The lowest BCUT2D eigenvalue weighted by Gasteiger charge is -1.96. The first kappa shape index (κ1) is 5.74. The average Bonchev–Trinajstić information content (AvgIpc) is 1.91. The first-order chi connectivity index (χ1) is 4.77. The van der Waals surface area contributed by atoms with Gasteiger partial charge in [0.1, 0.15) is 5.58 Å². The average molecular weight is 155 g/mol. The minimum Gasteiger partial charge on any atom is -0.421 e. The molecule has 2 nitrogen and oxygen atoms in total. The molecule has 0 N–H and O–H groups in total. The molecule has 1 aromatic carbocycles. The topological polar surface area (TPSA) is 30.2 Å². The van der Waals surface area contributed by atoms with Crippen LogP contribution >= 0.6 is 11.6 Å². The van der Waals surface area contributed by atoms with Crippen molar-refractivity contribution < 1.29 is 4.42 Å². The smallest absolute Gasteiger partial charge is 0.343 e. The molecule has 3 heteroatoms. The van der Waals surface area contributed by atoms with Gasteiger partial charge in [-0.15, -0.1) is 0 Å². The van der Waals surface area contributed by atoms with E-state index < -0.39 is 0 Å². The number of hydrogen-bond donors (Lipinski definition) is 0. The Morgan fingerprint density at radius 2 is 2.20 bits per heavy atom. The van der Waals surface area contributed by atoms with Gasteiger partial charge in [0.2, 0.25) is 0 Å². The molecule has 2 aromatic heterocycles. The van der Waals surface area contributed by atoms with Crippen LogP contribution in [-0.4, -0.2) is 0 Å². The first-order valence-corrected chi connectivity index (χ1v) is 3.17. The van der Waals surface area contributed by atoms with Gasteiger partial charge in [-0.25, -0.2) is 4.79 Å². The van der Waals surface area contributed by atoms with Crippen molar-refractivity contribution in [1.82, 2.24) is 0 Å². The van der Waals surface area contributed by atoms with Crippen molar-refractivity contribution in [1.29, 1.82) is 0 Å². The highest BCUT2D eigenvalue weighted by Crippen LogP contribution is 2.19. The summed E-state index contributed by atoms with van der Waals surface area (Å²) in [5.74, 6) is 0. The summed E-state index contributed by atoms with van der Waals surface area (Å²) in [5.41, 5.74) is 0.128. The van der Waals surface area contributed by atoms with Crippen LogP contribution in [0, 0.1) is 0 Å². The van der Waals surface area contributed by atoms with E-state index in [2.05, 4.69) is 0 Å². The Labute approximate surface area is 61.4 Å². The molecular weight excluding hydrogens is 152 g/mol. The zero-order valence-corrected chi connectivity index (χ0v) is 5.68. The Morgan fingerprint density at radius 3 is 2.50 bits per heavy atom. The van der Waals surface area contributed by atoms with Gasteiger partial charge < -0.3 is 4.42 Å². The standard InChI is InChI=1S/C7H3ClO2/c8-5-3-4-1-2-6(5)10-7(4)9/h1-3H. The molecule has 0 spiro atoms. The van der Waals surface area contributed by atoms with Crippen LogP contribution in [0.3, 0.4) is 0 Å². The van der Waals surface area contributed by atoms with Gasteiger partial charge in [-0.1, -0.05) is 11.6 Å². The lowest BCUT2D eigenvalue weighted by atomic mass is 10.2. The van der Waals surface area contributed by atoms with Gasteiger partial charge in [-0.3, -0.25) is 0 Å². The third-order valence-corrected chi connectivity index (χ3v) is 1.67. The second kappa shape index (κ2) is 1.73. The van der Waals surface area contributed by atoms with Crippen LogP contribution in [0.4, 0.5) is 0 Å². The molecule has 0 atom stereocenters. The Kier molecular flexibility index (Phi) is 0.995. The summed E-state index contributed by atoms with van der Waals surface area (Å²) in [4.78, 5) is 10.8. The highest BCUT2D eigenvalue weighted by atomic mass is 35.5. The Morgan fingerprint density at radius 1 is 1.40 bits per heavy atom. The lowest BCUT2D eigenvalue weighted by Crippen LogP contribution is -1.99. The van der Waals surface area contributed by atoms with E-state index in [9.17, 15) is 4.79 Å². The molecule has 0 aliphatic heterocycles. The van der Waals surface area contributed by atoms with E-state index in [4.69, 9.17) is 16.0 Å². The van der Waals surface area contributed by atoms with Crippen molar-refractivity contribution in [3.05, 3.63) is 33.6 Å². The summed E-state index contributed by atoms with van der Waals surface area (Å²) in [7, 11) is 0. The van der Waals surface area contributed by atoms with Gasteiger partial charge in [0.25, 0.3) is 0 Å². The van der Waals surface area contributed by atoms with E-state index in [1.165, 1.54) is 0 Å². The molecule has 0 fully saturated rings. The molecule has 0 saturated carbocycles. The van der Waals surface area contributed by atoms with E-state index >= 15 is 0 Å². The predicted octanol–water partition coefficient (Wildman–Crippen LogP) is 1.88. The number of hydrogen-bond acceptors (Lipinski definition) is 2. The first-order valence-electron chi connectivity index (χ1n) is 2.79. The maximum absolute atomic E-state index is 10.8. The van der Waals surface area contributed by atoms with E-state index in [0.717, 1.165) is 0 Å². The summed E-state index contributed by atoms with van der Waals surface area (Å²) >= 11 is 5.65. The molecule has 3 rings (SSSR count). The largest absolute Gasteiger partial charge is 0.421 e. The van der Waals surface area contributed by atoms with Gasteiger partial charge in [0.05, 0.1) is 10.4 Å². The molecule has 3 aromatic rings. The maximum atomic E-state index is 10.8. The van der Waals surface area contributed by atoms with Gasteiger partial charge in [-0.2, -0.15) is 0 Å². The Balaban J connectivity index is 3.09. The van der Waals surface area contributed by atoms with Crippen LogP contribution in [0.25, 0.3) is 11.0 Å². The third kappa shape index (κ3) is 0.625. The fourth-order valence-electron chi connectivity index (χ4n) is 0.869. The summed E-state index contributed by atoms with van der Waals surface area (Å²) < 4.78 is 4.75. The zero-order valence-electron chi connectivity index (χ0n) is 4.93. The Hall–Kier alpha value is -1.02. The minimum atomic E-state index is -0.318. The molecule has 0 unspecified atom stereocenters. The van der Waals surface area contributed by atoms with Gasteiger partial charge in [-0.05, 0) is 18.2 Å². The third-order valence-electron chi connectivity index (χ3n) is 1.37. The molecule has 0 amide bonds. The summed E-state index contributed by atoms with van der Waals surface area (Å²) in [6.45, 7) is 0. The van der Waals surface area contributed by atoms with E-state index in [1.807, 2.05) is 0 Å². The number of benzene rings is 1. The molecule has 2 bridgehead atoms. The summed E-state index contributed by atoms with van der Waals surface area (Å²) in [5, 5.41) is 1.01. The number of halogens is 1. The maximum Gasteiger partial charge on any atom is 0.343 e. The van der Waals surface area contributed by atoms with Crippen molar-refractivity contribution in [2.45, 2.75) is 0 Å². The number of rotatable bonds is 0. The summed E-state index contributed by atoms with van der Waals surface area (Å²) in [6.07, 6.45) is 0. The van der Waals surface area contributed by atoms with Crippen molar-refractivity contribution in [3.63, 3.8) is 0 Å². The highest BCUT2D eigenvalue weighted by Gasteiger charge is 2.03. The molecular formula is C7H3ClO2. The van der Waals surface area contributed by atoms with E-state index in [-0.39, 0.29) is 5.63 Å². The Bertz CT molecular complexity index is 404. The van der Waals surface area contributed by atoms with E-state index in [0.29, 0.717) is 16.0 Å². The van der Waals surface area contributed by atoms with Gasteiger partial charge in [0.15, 0.2) is 0 Å². The van der Waals surface area contributed by atoms with Crippen LogP contribution < -0.4 is 5.63 Å². The molecule has 10 heavy (non-hydrogen) atoms. The normalized spacial score (nSPS) is 10.9. The molecule has 0 aliphatic carbocycles. The van der Waals surface area contributed by atoms with Crippen LogP contribution in [0.2, 0.25) is 5.02 Å². The van der Waals surface area contributed by atoms with E-state index in [1.54, 1.807) is 18.2 Å². The van der Waals surface area contributed by atoms with Crippen molar-refractivity contribution >= 4 is 22.6 Å². The monoisotopic (exact) mass is 154 g/mol. The van der Waals surface area contributed by atoms with Gasteiger partial charge >= 0.3 is 5.63 Å². The highest BCUT2D eigenvalue weighted by molar-refractivity contribution is 6.34. The molecule has 0 radical (unpaired) electrons. The van der Waals surface area contributed by atoms with Crippen LogP contribution in [0.5, 0.6) is 0 Å². The van der Waals surface area contributed by atoms with Crippen LogP contribution in [0.1, 0.15) is 0 Å². The molecule has 50 valence electrons. The predicted molar refractivity (Wildman–Crippen MR) is 38.7 cm³/mol. The number of fused-ring (bicyclic) bond motifs is 3. The molecule has 0 aliphatic rings. The fraction of sp³-hybridized carbons (Fsp3) is 0. The fourth-order valence-corrected chi connectivity index (χ4v) is 1.09. The SMILES string of the molecule is O=c1oc2ccc1cc2Cl. The molecule has 2 heterocycles. The second-order valence-corrected chi connectivity index (χ2v) is 2.44. The lowest BCUT2D eigenvalue weighted by molar-refractivity contribution is 0.562. The van der Waals surface area contributed by atoms with Crippen molar-refractivity contribution in [2.24, 2.45) is 0 Å². The second-order valence-electron chi connectivity index (χ2n) is 2.03. The quantitative estimate of drug-likeness (QED) is 0.580. The minimum absolute atomic E-state index is 0.318.